The molecule has 1 heteroatoms. The maximum Gasteiger partial charge on any atom is 0.116 e. The zero-order valence-corrected chi connectivity index (χ0v) is 9.87. The molecule has 0 heterocycles. The van der Waals surface area contributed by atoms with Crippen molar-refractivity contribution in [3.05, 3.63) is 0 Å². The number of hydrogen-bond donors (Lipinski definition) is 0. The van der Waals surface area contributed by atoms with Gasteiger partial charge in [-0.2, -0.15) is 0 Å². The van der Waals surface area contributed by atoms with Gasteiger partial charge in [0.15, 0.2) is 0 Å². The summed E-state index contributed by atoms with van der Waals surface area (Å²) in [5, 5.41) is 0. The Kier molecular flexibility index (Phi) is 2.30. The Bertz CT molecular complexity index is 186. The Balaban J connectivity index is 2.58. The van der Waals surface area contributed by atoms with Crippen LogP contribution < -0.4 is 0 Å². The van der Waals surface area contributed by atoms with Crippen LogP contribution in [0.2, 0.25) is 0 Å². The van der Waals surface area contributed by atoms with E-state index in [4.69, 9.17) is 0 Å². The Labute approximate surface area is 81.9 Å². The van der Waals surface area contributed by atoms with Crippen LogP contribution in [0.5, 0.6) is 0 Å². The maximum absolute atomic E-state index is 14.2. The van der Waals surface area contributed by atoms with Crippen molar-refractivity contribution in [1.29, 1.82) is 0 Å². The lowest BCUT2D eigenvalue weighted by molar-refractivity contribution is -0.112. The van der Waals surface area contributed by atoms with Crippen molar-refractivity contribution in [1.82, 2.24) is 0 Å². The number of hydrogen-bond acceptors (Lipinski definition) is 0. The van der Waals surface area contributed by atoms with Gasteiger partial charge in [-0.1, -0.05) is 41.5 Å². The molecule has 0 atom stereocenters. The second-order valence-corrected chi connectivity index (χ2v) is 6.69. The van der Waals surface area contributed by atoms with Crippen molar-refractivity contribution in [2.75, 3.05) is 0 Å². The van der Waals surface area contributed by atoms with E-state index in [1.165, 1.54) is 0 Å². The van der Waals surface area contributed by atoms with E-state index < -0.39 is 5.67 Å². The third kappa shape index (κ3) is 1.89. The summed E-state index contributed by atoms with van der Waals surface area (Å²) in [6.07, 6.45) is 1.50. The SMILES string of the molecule is CC(C)(C)C1CC(F)(C(C)(C)C)C1. The number of alkyl halides is 1. The predicted octanol–water partition coefficient (Wildman–Crippen LogP) is 4.20. The van der Waals surface area contributed by atoms with E-state index in [0.717, 1.165) is 12.8 Å². The summed E-state index contributed by atoms with van der Waals surface area (Å²) in [5.41, 5.74) is -0.819. The topological polar surface area (TPSA) is 0 Å². The molecule has 78 valence electrons. The van der Waals surface area contributed by atoms with Gasteiger partial charge >= 0.3 is 0 Å². The van der Waals surface area contributed by atoms with Crippen molar-refractivity contribution < 1.29 is 4.39 Å². The van der Waals surface area contributed by atoms with E-state index in [2.05, 4.69) is 20.8 Å². The zero-order chi connectivity index (χ0) is 10.5. The summed E-state index contributed by atoms with van der Waals surface area (Å²) in [4.78, 5) is 0. The van der Waals surface area contributed by atoms with E-state index in [1.54, 1.807) is 0 Å². The summed E-state index contributed by atoms with van der Waals surface area (Å²) in [5.74, 6) is 0.566. The van der Waals surface area contributed by atoms with Crippen LogP contribution in [0.4, 0.5) is 4.39 Å². The molecule has 1 saturated carbocycles. The van der Waals surface area contributed by atoms with Crippen molar-refractivity contribution in [2.24, 2.45) is 16.7 Å². The van der Waals surface area contributed by atoms with E-state index in [9.17, 15) is 4.39 Å². The van der Waals surface area contributed by atoms with Gasteiger partial charge in [-0.25, -0.2) is 4.39 Å². The molecule has 13 heavy (non-hydrogen) atoms. The average molecular weight is 186 g/mol. The van der Waals surface area contributed by atoms with Gasteiger partial charge in [-0.05, 0) is 29.6 Å². The van der Waals surface area contributed by atoms with Crippen LogP contribution >= 0.6 is 0 Å². The van der Waals surface area contributed by atoms with Crippen LogP contribution in [0.25, 0.3) is 0 Å². The summed E-state index contributed by atoms with van der Waals surface area (Å²) in [6, 6.07) is 0. The monoisotopic (exact) mass is 186 g/mol. The van der Waals surface area contributed by atoms with Gasteiger partial charge in [-0.15, -0.1) is 0 Å². The van der Waals surface area contributed by atoms with Crippen LogP contribution in [0.1, 0.15) is 54.4 Å². The second kappa shape index (κ2) is 2.71. The Morgan fingerprint density at radius 3 is 1.62 bits per heavy atom. The molecule has 0 saturated heterocycles. The molecule has 0 aromatic carbocycles. The van der Waals surface area contributed by atoms with Crippen molar-refractivity contribution in [2.45, 2.75) is 60.1 Å². The lowest BCUT2D eigenvalue weighted by Crippen LogP contribution is -2.53. The standard InChI is InChI=1S/C12H23F/c1-10(2,3)9-7-12(13,8-9)11(4,5)6/h9H,7-8H2,1-6H3. The fourth-order valence-corrected chi connectivity index (χ4v) is 1.95. The molecule has 0 spiro atoms. The highest BCUT2D eigenvalue weighted by molar-refractivity contribution is 5.04. The largest absolute Gasteiger partial charge is 0.243 e. The molecule has 0 aromatic rings. The molecule has 0 amide bonds. The number of rotatable bonds is 0. The van der Waals surface area contributed by atoms with Crippen molar-refractivity contribution in [3.63, 3.8) is 0 Å². The molecular weight excluding hydrogens is 163 g/mol. The van der Waals surface area contributed by atoms with Gasteiger partial charge in [0.2, 0.25) is 0 Å². The molecule has 0 aliphatic heterocycles. The Hall–Kier alpha value is -0.0700. The zero-order valence-electron chi connectivity index (χ0n) is 9.87. The van der Waals surface area contributed by atoms with E-state index in [-0.39, 0.29) is 10.8 Å². The van der Waals surface area contributed by atoms with E-state index >= 15 is 0 Å². The fraction of sp³-hybridized carbons (Fsp3) is 1.00. The first-order valence-electron chi connectivity index (χ1n) is 5.25. The molecular formula is C12H23F. The average Bonchev–Trinajstić information content (AvgIpc) is 1.75. The number of halogens is 1. The summed E-state index contributed by atoms with van der Waals surface area (Å²) in [7, 11) is 0. The van der Waals surface area contributed by atoms with Crippen molar-refractivity contribution >= 4 is 0 Å². The van der Waals surface area contributed by atoms with Crippen LogP contribution in [-0.4, -0.2) is 5.67 Å². The van der Waals surface area contributed by atoms with Crippen LogP contribution in [0.3, 0.4) is 0 Å². The van der Waals surface area contributed by atoms with Crippen LogP contribution in [-0.2, 0) is 0 Å². The molecule has 0 nitrogen and oxygen atoms in total. The molecule has 1 aliphatic carbocycles. The third-order valence-electron chi connectivity index (χ3n) is 3.71. The first-order valence-corrected chi connectivity index (χ1v) is 5.25. The first-order chi connectivity index (χ1) is 5.56. The molecule has 0 N–H and O–H groups in total. The highest BCUT2D eigenvalue weighted by atomic mass is 19.1. The highest BCUT2D eigenvalue weighted by Crippen LogP contribution is 2.57. The quantitative estimate of drug-likeness (QED) is 0.532. The lowest BCUT2D eigenvalue weighted by Gasteiger charge is -2.54. The first kappa shape index (κ1) is 11.0. The Morgan fingerprint density at radius 1 is 1.00 bits per heavy atom. The van der Waals surface area contributed by atoms with Crippen LogP contribution in [0.15, 0.2) is 0 Å². The van der Waals surface area contributed by atoms with Gasteiger partial charge < -0.3 is 0 Å². The normalized spacial score (nSPS) is 35.8. The highest BCUT2D eigenvalue weighted by Gasteiger charge is 2.55. The predicted molar refractivity (Wildman–Crippen MR) is 55.5 cm³/mol. The summed E-state index contributed by atoms with van der Waals surface area (Å²) < 4.78 is 14.2. The molecule has 0 radical (unpaired) electrons. The molecule has 1 aliphatic rings. The smallest absolute Gasteiger partial charge is 0.116 e. The minimum absolute atomic E-state index is 0.186. The van der Waals surface area contributed by atoms with Gasteiger partial charge in [-0.3, -0.25) is 0 Å². The molecule has 0 bridgehead atoms. The van der Waals surface area contributed by atoms with Gasteiger partial charge in [0, 0.05) is 0 Å². The Morgan fingerprint density at radius 2 is 1.38 bits per heavy atom. The molecule has 1 fully saturated rings. The maximum atomic E-state index is 14.2. The minimum atomic E-state index is -0.912. The molecule has 0 unspecified atom stereocenters. The summed E-state index contributed by atoms with van der Waals surface area (Å²) in [6.45, 7) is 12.6. The van der Waals surface area contributed by atoms with Crippen molar-refractivity contribution in [3.8, 4) is 0 Å². The van der Waals surface area contributed by atoms with Gasteiger partial charge in [0.1, 0.15) is 5.67 Å². The molecule has 0 aromatic heterocycles. The summed E-state index contributed by atoms with van der Waals surface area (Å²) >= 11 is 0. The minimum Gasteiger partial charge on any atom is -0.243 e. The third-order valence-corrected chi connectivity index (χ3v) is 3.71. The fourth-order valence-electron chi connectivity index (χ4n) is 1.95. The second-order valence-electron chi connectivity index (χ2n) is 6.69. The van der Waals surface area contributed by atoms with Gasteiger partial charge in [0.25, 0.3) is 0 Å². The van der Waals surface area contributed by atoms with E-state index in [1.807, 2.05) is 20.8 Å². The van der Waals surface area contributed by atoms with Gasteiger partial charge in [0.05, 0.1) is 0 Å². The lowest BCUT2D eigenvalue weighted by atomic mass is 9.54. The van der Waals surface area contributed by atoms with Crippen LogP contribution in [0, 0.1) is 16.7 Å². The molecule has 1 rings (SSSR count). The van der Waals surface area contributed by atoms with E-state index in [0.29, 0.717) is 5.92 Å².